The van der Waals surface area contributed by atoms with E-state index in [1.807, 2.05) is 0 Å². The number of carboxylic acid groups (broad SMARTS) is 1. The smallest absolute Gasteiger partial charge is 0.416 e. The second kappa shape index (κ2) is 4.91. The van der Waals surface area contributed by atoms with Crippen LogP contribution in [0.25, 0.3) is 0 Å². The number of halogens is 3. The Kier molecular flexibility index (Phi) is 3.46. The second-order valence-electron chi connectivity index (χ2n) is 4.06. The second-order valence-corrected chi connectivity index (χ2v) is 4.06. The van der Waals surface area contributed by atoms with E-state index in [0.717, 1.165) is 12.1 Å². The first kappa shape index (κ1) is 13.4. The maximum Gasteiger partial charge on any atom is 0.416 e. The maximum absolute atomic E-state index is 12.5. The molecular formula is C12H10F3NO3. The fourth-order valence-corrected chi connectivity index (χ4v) is 1.71. The monoisotopic (exact) mass is 273 g/mol. The highest BCUT2D eigenvalue weighted by molar-refractivity contribution is 5.95. The van der Waals surface area contributed by atoms with Crippen LogP contribution in [0.15, 0.2) is 29.3 Å². The maximum atomic E-state index is 12.5. The molecule has 1 aliphatic rings. The number of carbonyl (C=O) groups is 1. The molecule has 102 valence electrons. The lowest BCUT2D eigenvalue weighted by Gasteiger charge is -2.10. The van der Waals surface area contributed by atoms with Crippen molar-refractivity contribution in [3.8, 4) is 0 Å². The molecule has 0 spiro atoms. The van der Waals surface area contributed by atoms with Crippen molar-refractivity contribution in [3.05, 3.63) is 35.4 Å². The van der Waals surface area contributed by atoms with E-state index in [1.54, 1.807) is 0 Å². The molecule has 0 bridgehead atoms. The van der Waals surface area contributed by atoms with Crippen LogP contribution in [0.3, 0.4) is 0 Å². The summed E-state index contributed by atoms with van der Waals surface area (Å²) in [5.41, 5.74) is -0.597. The molecule has 4 nitrogen and oxygen atoms in total. The molecule has 1 atom stereocenters. The van der Waals surface area contributed by atoms with Crippen LogP contribution in [-0.4, -0.2) is 29.6 Å². The van der Waals surface area contributed by atoms with E-state index in [2.05, 4.69) is 4.99 Å². The van der Waals surface area contributed by atoms with E-state index >= 15 is 0 Å². The summed E-state index contributed by atoms with van der Waals surface area (Å²) in [6.07, 6.45) is -5.29. The third kappa shape index (κ3) is 3.24. The van der Waals surface area contributed by atoms with Crippen molar-refractivity contribution in [1.82, 2.24) is 0 Å². The summed E-state index contributed by atoms with van der Waals surface area (Å²) in [6, 6.07) is 4.58. The molecule has 19 heavy (non-hydrogen) atoms. The Bertz CT molecular complexity index is 525. The molecule has 1 aliphatic heterocycles. The molecule has 1 aromatic carbocycles. The van der Waals surface area contributed by atoms with E-state index in [-0.39, 0.29) is 24.4 Å². The highest BCUT2D eigenvalue weighted by atomic mass is 19.4. The van der Waals surface area contributed by atoms with Gasteiger partial charge >= 0.3 is 12.1 Å². The van der Waals surface area contributed by atoms with Crippen molar-refractivity contribution < 1.29 is 27.8 Å². The topological polar surface area (TPSA) is 58.9 Å². The third-order valence-corrected chi connectivity index (χ3v) is 2.56. The fraction of sp³-hybridized carbons (Fsp3) is 0.333. The highest BCUT2D eigenvalue weighted by Crippen LogP contribution is 2.30. The minimum absolute atomic E-state index is 0.0531. The van der Waals surface area contributed by atoms with Crippen LogP contribution in [0.1, 0.15) is 17.5 Å². The Morgan fingerprint density at radius 2 is 2.21 bits per heavy atom. The average Bonchev–Trinajstić information content (AvgIpc) is 2.76. The lowest BCUT2D eigenvalue weighted by Crippen LogP contribution is -2.18. The van der Waals surface area contributed by atoms with Crippen molar-refractivity contribution in [2.45, 2.75) is 18.7 Å². The molecule has 2 rings (SSSR count). The van der Waals surface area contributed by atoms with Gasteiger partial charge in [0.15, 0.2) is 0 Å². The van der Waals surface area contributed by atoms with Gasteiger partial charge in [-0.15, -0.1) is 0 Å². The summed E-state index contributed by atoms with van der Waals surface area (Å²) < 4.78 is 42.9. The number of benzene rings is 1. The molecule has 0 amide bonds. The van der Waals surface area contributed by atoms with Crippen molar-refractivity contribution in [2.24, 2.45) is 4.99 Å². The van der Waals surface area contributed by atoms with Gasteiger partial charge in [-0.2, -0.15) is 13.2 Å². The van der Waals surface area contributed by atoms with Crippen LogP contribution in [0.2, 0.25) is 0 Å². The van der Waals surface area contributed by atoms with Crippen molar-refractivity contribution in [3.63, 3.8) is 0 Å². The van der Waals surface area contributed by atoms with Crippen molar-refractivity contribution in [1.29, 1.82) is 0 Å². The molecule has 0 radical (unpaired) electrons. The van der Waals surface area contributed by atoms with Crippen molar-refractivity contribution in [2.75, 3.05) is 6.54 Å². The van der Waals surface area contributed by atoms with Gasteiger partial charge in [-0.3, -0.25) is 4.79 Å². The van der Waals surface area contributed by atoms with Crippen LogP contribution < -0.4 is 0 Å². The molecule has 1 unspecified atom stereocenters. The number of rotatable bonds is 3. The number of aliphatic carboxylic acids is 1. The lowest BCUT2D eigenvalue weighted by molar-refractivity contribution is -0.139. The lowest BCUT2D eigenvalue weighted by atomic mass is 10.1. The number of carboxylic acids is 1. The minimum atomic E-state index is -4.43. The first-order chi connectivity index (χ1) is 8.86. The van der Waals surface area contributed by atoms with E-state index in [1.165, 1.54) is 12.1 Å². The summed E-state index contributed by atoms with van der Waals surface area (Å²) in [7, 11) is 0. The number of nitrogens with zero attached hydrogens (tertiary/aromatic N) is 1. The third-order valence-electron chi connectivity index (χ3n) is 2.56. The summed E-state index contributed by atoms with van der Waals surface area (Å²) >= 11 is 0. The Balaban J connectivity index is 2.14. The standard InChI is InChI=1S/C12H10F3NO3/c13-12(14,15)8-3-1-2-7(4-8)11-16-6-9(19-11)5-10(17)18/h1-4,9H,5-6H2,(H,17,18). The Morgan fingerprint density at radius 1 is 1.47 bits per heavy atom. The highest BCUT2D eigenvalue weighted by Gasteiger charge is 2.31. The first-order valence-corrected chi connectivity index (χ1v) is 5.47. The predicted molar refractivity (Wildman–Crippen MR) is 60.0 cm³/mol. The van der Waals surface area contributed by atoms with Crippen LogP contribution in [-0.2, 0) is 15.7 Å². The zero-order chi connectivity index (χ0) is 14.0. The summed E-state index contributed by atoms with van der Waals surface area (Å²) in [4.78, 5) is 14.4. The number of alkyl halides is 3. The van der Waals surface area contributed by atoms with E-state index in [4.69, 9.17) is 9.84 Å². The Labute approximate surface area is 106 Å². The number of ether oxygens (including phenoxy) is 1. The van der Waals surface area contributed by atoms with Crippen LogP contribution in [0.5, 0.6) is 0 Å². The van der Waals surface area contributed by atoms with Crippen LogP contribution in [0, 0.1) is 0 Å². The Hall–Kier alpha value is -2.05. The Morgan fingerprint density at radius 3 is 2.84 bits per heavy atom. The van der Waals surface area contributed by atoms with Gasteiger partial charge in [0, 0.05) is 5.56 Å². The fourth-order valence-electron chi connectivity index (χ4n) is 1.71. The molecule has 0 aliphatic carbocycles. The van der Waals surface area contributed by atoms with Gasteiger partial charge < -0.3 is 9.84 Å². The van der Waals surface area contributed by atoms with Gasteiger partial charge in [-0.1, -0.05) is 6.07 Å². The van der Waals surface area contributed by atoms with Gasteiger partial charge in [-0.25, -0.2) is 4.99 Å². The van der Waals surface area contributed by atoms with Gasteiger partial charge in [0.1, 0.15) is 6.10 Å². The van der Waals surface area contributed by atoms with E-state index in [0.29, 0.717) is 0 Å². The van der Waals surface area contributed by atoms with Gasteiger partial charge in [0.05, 0.1) is 18.5 Å². The average molecular weight is 273 g/mol. The van der Waals surface area contributed by atoms with Crippen LogP contribution in [0.4, 0.5) is 13.2 Å². The molecule has 7 heteroatoms. The summed E-state index contributed by atoms with van der Waals surface area (Å²) in [6.45, 7) is 0.137. The molecular weight excluding hydrogens is 263 g/mol. The minimum Gasteiger partial charge on any atom is -0.481 e. The molecule has 0 saturated heterocycles. The molecule has 0 saturated carbocycles. The van der Waals surface area contributed by atoms with Crippen molar-refractivity contribution >= 4 is 11.9 Å². The van der Waals surface area contributed by atoms with Gasteiger partial charge in [-0.05, 0) is 18.2 Å². The summed E-state index contributed by atoms with van der Waals surface area (Å²) in [5.74, 6) is -0.983. The zero-order valence-corrected chi connectivity index (χ0v) is 9.65. The predicted octanol–water partition coefficient (Wildman–Crippen LogP) is 2.33. The van der Waals surface area contributed by atoms with Gasteiger partial charge in [0.2, 0.25) is 5.90 Å². The largest absolute Gasteiger partial charge is 0.481 e. The zero-order valence-electron chi connectivity index (χ0n) is 9.65. The number of hydrogen-bond donors (Lipinski definition) is 1. The molecule has 0 aromatic heterocycles. The molecule has 1 aromatic rings. The quantitative estimate of drug-likeness (QED) is 0.919. The van der Waals surface area contributed by atoms with E-state index in [9.17, 15) is 18.0 Å². The summed E-state index contributed by atoms with van der Waals surface area (Å²) in [5, 5.41) is 8.60. The molecule has 0 fully saturated rings. The normalized spacial score (nSPS) is 18.9. The van der Waals surface area contributed by atoms with Crippen LogP contribution >= 0.6 is 0 Å². The van der Waals surface area contributed by atoms with E-state index < -0.39 is 23.8 Å². The number of aliphatic imine (C=N–C) groups is 1. The van der Waals surface area contributed by atoms with Gasteiger partial charge in [0.25, 0.3) is 0 Å². The molecule has 1 heterocycles. The number of hydrogen-bond acceptors (Lipinski definition) is 3. The molecule has 1 N–H and O–H groups in total. The SMILES string of the molecule is O=C(O)CC1CN=C(c2cccc(C(F)(F)F)c2)O1. The first-order valence-electron chi connectivity index (χ1n) is 5.47.